The van der Waals surface area contributed by atoms with Gasteiger partial charge in [-0.15, -0.1) is 11.8 Å². The van der Waals surface area contributed by atoms with Crippen LogP contribution in [0.15, 0.2) is 47.4 Å². The van der Waals surface area contributed by atoms with Crippen molar-refractivity contribution < 1.29 is 19.0 Å². The van der Waals surface area contributed by atoms with Crippen LogP contribution < -0.4 is 19.5 Å². The molecule has 25 heavy (non-hydrogen) atoms. The third-order valence-corrected chi connectivity index (χ3v) is 4.57. The fourth-order valence-electron chi connectivity index (χ4n) is 2.30. The topological polar surface area (TPSA) is 56.8 Å². The van der Waals surface area contributed by atoms with E-state index in [1.807, 2.05) is 42.5 Å². The molecule has 2 rings (SSSR count). The molecule has 0 bridgehead atoms. The predicted molar refractivity (Wildman–Crippen MR) is 99.7 cm³/mol. The Morgan fingerprint density at radius 1 is 1.00 bits per heavy atom. The first-order valence-electron chi connectivity index (χ1n) is 7.91. The normalized spacial score (nSPS) is 10.2. The average Bonchev–Trinajstić information content (AvgIpc) is 2.66. The summed E-state index contributed by atoms with van der Waals surface area (Å²) >= 11 is 1.67. The number of hydrogen-bond donors (Lipinski definition) is 1. The van der Waals surface area contributed by atoms with Gasteiger partial charge in [0.25, 0.3) is 0 Å². The fraction of sp³-hybridized carbons (Fsp3) is 0.316. The highest BCUT2D eigenvalue weighted by Gasteiger charge is 2.13. The van der Waals surface area contributed by atoms with E-state index in [0.717, 1.165) is 11.3 Å². The molecule has 5 nitrogen and oxygen atoms in total. The molecule has 0 fully saturated rings. The van der Waals surface area contributed by atoms with E-state index in [1.54, 1.807) is 33.1 Å². The molecule has 2 aromatic carbocycles. The van der Waals surface area contributed by atoms with Crippen LogP contribution in [0.2, 0.25) is 0 Å². The lowest BCUT2D eigenvalue weighted by atomic mass is 10.1. The zero-order valence-corrected chi connectivity index (χ0v) is 15.5. The number of carbonyl (C=O) groups is 1. The van der Waals surface area contributed by atoms with Crippen molar-refractivity contribution in [1.82, 2.24) is 5.32 Å². The summed E-state index contributed by atoms with van der Waals surface area (Å²) < 4.78 is 15.9. The number of amides is 1. The summed E-state index contributed by atoms with van der Waals surface area (Å²) in [5, 5.41) is 2.92. The zero-order valence-electron chi connectivity index (χ0n) is 14.7. The number of rotatable bonds is 9. The van der Waals surface area contributed by atoms with Gasteiger partial charge in [-0.3, -0.25) is 4.79 Å². The molecule has 0 spiro atoms. The molecule has 6 heteroatoms. The van der Waals surface area contributed by atoms with Gasteiger partial charge in [0.05, 0.1) is 21.3 Å². The molecule has 0 aliphatic rings. The van der Waals surface area contributed by atoms with E-state index in [0.29, 0.717) is 30.2 Å². The SMILES string of the molecule is COc1cc(CNC(=O)CCSc2ccccc2)cc(OC)c1OC. The molecule has 1 N–H and O–H groups in total. The molecule has 1 amide bonds. The van der Waals surface area contributed by atoms with E-state index >= 15 is 0 Å². The van der Waals surface area contributed by atoms with Crippen LogP contribution in [0, 0.1) is 0 Å². The fourth-order valence-corrected chi connectivity index (χ4v) is 3.18. The van der Waals surface area contributed by atoms with Gasteiger partial charge in [-0.25, -0.2) is 0 Å². The maximum Gasteiger partial charge on any atom is 0.221 e. The Bertz CT molecular complexity index is 666. The Morgan fingerprint density at radius 3 is 2.20 bits per heavy atom. The number of methoxy groups -OCH3 is 3. The van der Waals surface area contributed by atoms with Gasteiger partial charge >= 0.3 is 0 Å². The Kier molecular flexibility index (Phi) is 7.47. The van der Waals surface area contributed by atoms with Crippen molar-refractivity contribution in [3.8, 4) is 17.2 Å². The van der Waals surface area contributed by atoms with Crippen LogP contribution >= 0.6 is 11.8 Å². The number of nitrogens with one attached hydrogen (secondary N) is 1. The predicted octanol–water partition coefficient (Wildman–Crippen LogP) is 3.51. The Labute approximate surface area is 152 Å². The smallest absolute Gasteiger partial charge is 0.221 e. The first-order chi connectivity index (χ1) is 12.2. The van der Waals surface area contributed by atoms with Crippen LogP contribution in [0.1, 0.15) is 12.0 Å². The van der Waals surface area contributed by atoms with Crippen molar-refractivity contribution in [3.63, 3.8) is 0 Å². The average molecular weight is 361 g/mol. The Morgan fingerprint density at radius 2 is 1.64 bits per heavy atom. The van der Waals surface area contributed by atoms with Gasteiger partial charge in [0.1, 0.15) is 0 Å². The summed E-state index contributed by atoms with van der Waals surface area (Å²) in [7, 11) is 4.70. The second-order valence-corrected chi connectivity index (χ2v) is 6.39. The summed E-state index contributed by atoms with van der Waals surface area (Å²) in [5.41, 5.74) is 0.888. The van der Waals surface area contributed by atoms with E-state index in [4.69, 9.17) is 14.2 Å². The van der Waals surface area contributed by atoms with Crippen LogP contribution in [-0.2, 0) is 11.3 Å². The molecule has 0 aliphatic heterocycles. The van der Waals surface area contributed by atoms with E-state index in [1.165, 1.54) is 4.90 Å². The molecule has 0 atom stereocenters. The molecule has 0 radical (unpaired) electrons. The quantitative estimate of drug-likeness (QED) is 0.693. The highest BCUT2D eigenvalue weighted by atomic mass is 32.2. The summed E-state index contributed by atoms with van der Waals surface area (Å²) in [5.74, 6) is 2.44. The number of hydrogen-bond acceptors (Lipinski definition) is 5. The van der Waals surface area contributed by atoms with Crippen molar-refractivity contribution in [2.24, 2.45) is 0 Å². The summed E-state index contributed by atoms with van der Waals surface area (Å²) in [6.45, 7) is 0.408. The van der Waals surface area contributed by atoms with Crippen LogP contribution in [0.5, 0.6) is 17.2 Å². The largest absolute Gasteiger partial charge is 0.493 e. The van der Waals surface area contributed by atoms with Gasteiger partial charge < -0.3 is 19.5 Å². The third kappa shape index (κ3) is 5.60. The monoisotopic (exact) mass is 361 g/mol. The first-order valence-corrected chi connectivity index (χ1v) is 8.90. The Balaban J connectivity index is 1.86. The van der Waals surface area contributed by atoms with Crippen molar-refractivity contribution in [2.45, 2.75) is 17.9 Å². The molecule has 0 saturated carbocycles. The molecule has 0 aromatic heterocycles. The highest BCUT2D eigenvalue weighted by Crippen LogP contribution is 2.38. The van der Waals surface area contributed by atoms with Gasteiger partial charge in [0.2, 0.25) is 11.7 Å². The van der Waals surface area contributed by atoms with Crippen LogP contribution in [-0.4, -0.2) is 33.0 Å². The van der Waals surface area contributed by atoms with Gasteiger partial charge in [0, 0.05) is 23.6 Å². The Hall–Kier alpha value is -2.34. The van der Waals surface area contributed by atoms with Crippen molar-refractivity contribution in [3.05, 3.63) is 48.0 Å². The van der Waals surface area contributed by atoms with E-state index in [2.05, 4.69) is 5.32 Å². The van der Waals surface area contributed by atoms with E-state index in [9.17, 15) is 4.79 Å². The highest BCUT2D eigenvalue weighted by molar-refractivity contribution is 7.99. The lowest BCUT2D eigenvalue weighted by Gasteiger charge is -2.14. The second kappa shape index (κ2) is 9.84. The van der Waals surface area contributed by atoms with Crippen molar-refractivity contribution in [1.29, 1.82) is 0 Å². The van der Waals surface area contributed by atoms with Crippen LogP contribution in [0.3, 0.4) is 0 Å². The minimum absolute atomic E-state index is 0.0113. The molecular formula is C19H23NO4S. The number of benzene rings is 2. The van der Waals surface area contributed by atoms with Gasteiger partial charge in [0.15, 0.2) is 11.5 Å². The lowest BCUT2D eigenvalue weighted by molar-refractivity contribution is -0.120. The van der Waals surface area contributed by atoms with Gasteiger partial charge in [-0.05, 0) is 29.8 Å². The van der Waals surface area contributed by atoms with Crippen LogP contribution in [0.4, 0.5) is 0 Å². The standard InChI is InChI=1S/C19H23NO4S/c1-22-16-11-14(12-17(23-2)19(16)24-3)13-20-18(21)9-10-25-15-7-5-4-6-8-15/h4-8,11-12H,9-10,13H2,1-3H3,(H,20,21). The van der Waals surface area contributed by atoms with Crippen molar-refractivity contribution >= 4 is 17.7 Å². The minimum Gasteiger partial charge on any atom is -0.493 e. The molecule has 134 valence electrons. The molecule has 2 aromatic rings. The molecular weight excluding hydrogens is 338 g/mol. The minimum atomic E-state index is 0.0113. The molecule has 0 aliphatic carbocycles. The van der Waals surface area contributed by atoms with Gasteiger partial charge in [-0.1, -0.05) is 18.2 Å². The van der Waals surface area contributed by atoms with E-state index in [-0.39, 0.29) is 5.91 Å². The summed E-state index contributed by atoms with van der Waals surface area (Å²) in [6, 6.07) is 13.7. The van der Waals surface area contributed by atoms with E-state index < -0.39 is 0 Å². The zero-order chi connectivity index (χ0) is 18.1. The lowest BCUT2D eigenvalue weighted by Crippen LogP contribution is -2.23. The maximum absolute atomic E-state index is 12.0. The first kappa shape index (κ1) is 19.0. The maximum atomic E-state index is 12.0. The summed E-state index contributed by atoms with van der Waals surface area (Å²) in [6.07, 6.45) is 0.462. The molecule has 0 unspecified atom stereocenters. The van der Waals surface area contributed by atoms with Crippen LogP contribution in [0.25, 0.3) is 0 Å². The second-order valence-electron chi connectivity index (χ2n) is 5.22. The molecule has 0 heterocycles. The molecule has 0 saturated heterocycles. The number of ether oxygens (including phenoxy) is 3. The number of carbonyl (C=O) groups excluding carboxylic acids is 1. The summed E-state index contributed by atoms with van der Waals surface area (Å²) in [4.78, 5) is 13.2. The van der Waals surface area contributed by atoms with Crippen molar-refractivity contribution in [2.75, 3.05) is 27.1 Å². The number of thioether (sulfide) groups is 1. The third-order valence-electron chi connectivity index (χ3n) is 3.56. The van der Waals surface area contributed by atoms with Gasteiger partial charge in [-0.2, -0.15) is 0 Å².